The Bertz CT molecular complexity index is 773. The number of fused-ring (bicyclic) bond motifs is 1. The van der Waals surface area contributed by atoms with Crippen LogP contribution < -0.4 is 4.90 Å². The van der Waals surface area contributed by atoms with Gasteiger partial charge in [0.05, 0.1) is 4.92 Å². The first kappa shape index (κ1) is 15.2. The topological polar surface area (TPSA) is 63.5 Å². The fourth-order valence-electron chi connectivity index (χ4n) is 3.34. The number of amides is 1. The molecule has 0 saturated carbocycles. The summed E-state index contributed by atoms with van der Waals surface area (Å²) in [6.07, 6.45) is 0.727. The Hall–Kier alpha value is -2.69. The minimum atomic E-state index is -0.390. The molecule has 0 bridgehead atoms. The van der Waals surface area contributed by atoms with Crippen molar-refractivity contribution in [2.24, 2.45) is 0 Å². The minimum absolute atomic E-state index is 0.0461. The summed E-state index contributed by atoms with van der Waals surface area (Å²) >= 11 is 0. The smallest absolute Gasteiger partial charge is 0.269 e. The number of hydrogen-bond donors (Lipinski definition) is 0. The van der Waals surface area contributed by atoms with Crippen LogP contribution in [0.1, 0.15) is 31.4 Å². The first-order valence-electron chi connectivity index (χ1n) is 7.56. The Balaban J connectivity index is 2.23. The molecule has 1 amide bonds. The number of benzene rings is 2. The number of nitro groups is 1. The first-order valence-corrected chi connectivity index (χ1v) is 7.56. The van der Waals surface area contributed by atoms with Crippen molar-refractivity contribution < 1.29 is 9.72 Å². The number of carbonyl (C=O) groups is 1. The molecule has 0 aliphatic carbocycles. The maximum atomic E-state index is 11.9. The van der Waals surface area contributed by atoms with Crippen LogP contribution in [-0.4, -0.2) is 17.4 Å². The zero-order valence-corrected chi connectivity index (χ0v) is 13.2. The molecule has 1 unspecified atom stereocenters. The van der Waals surface area contributed by atoms with E-state index < -0.39 is 4.92 Å². The Kier molecular flexibility index (Phi) is 3.64. The van der Waals surface area contributed by atoms with Crippen molar-refractivity contribution in [2.45, 2.75) is 25.7 Å². The average molecular weight is 310 g/mol. The Morgan fingerprint density at radius 3 is 2.52 bits per heavy atom. The zero-order valence-electron chi connectivity index (χ0n) is 13.2. The van der Waals surface area contributed by atoms with Gasteiger partial charge in [0.25, 0.3) is 5.69 Å². The number of non-ortho nitro benzene ring substituents is 1. The molecule has 0 saturated heterocycles. The van der Waals surface area contributed by atoms with Gasteiger partial charge in [-0.15, -0.1) is 0 Å². The van der Waals surface area contributed by atoms with Gasteiger partial charge in [0.1, 0.15) is 0 Å². The van der Waals surface area contributed by atoms with Crippen LogP contribution in [0.4, 0.5) is 11.4 Å². The third-order valence-electron chi connectivity index (χ3n) is 4.70. The molecule has 1 aliphatic heterocycles. The van der Waals surface area contributed by atoms with Gasteiger partial charge in [-0.1, -0.05) is 37.3 Å². The van der Waals surface area contributed by atoms with Gasteiger partial charge < -0.3 is 4.90 Å². The van der Waals surface area contributed by atoms with Crippen molar-refractivity contribution in [3.8, 4) is 0 Å². The van der Waals surface area contributed by atoms with E-state index in [2.05, 4.69) is 6.92 Å². The highest BCUT2D eigenvalue weighted by molar-refractivity contribution is 5.93. The van der Waals surface area contributed by atoms with Crippen LogP contribution in [-0.2, 0) is 10.2 Å². The maximum absolute atomic E-state index is 11.9. The van der Waals surface area contributed by atoms with E-state index in [0.717, 1.165) is 23.2 Å². The lowest BCUT2D eigenvalue weighted by Gasteiger charge is -2.41. The van der Waals surface area contributed by atoms with Gasteiger partial charge >= 0.3 is 0 Å². The van der Waals surface area contributed by atoms with Crippen molar-refractivity contribution in [1.29, 1.82) is 0 Å². The van der Waals surface area contributed by atoms with Crippen molar-refractivity contribution in [1.82, 2.24) is 0 Å². The predicted molar refractivity (Wildman–Crippen MR) is 88.6 cm³/mol. The van der Waals surface area contributed by atoms with E-state index in [1.54, 1.807) is 17.0 Å². The van der Waals surface area contributed by atoms with Crippen LogP contribution in [0.3, 0.4) is 0 Å². The summed E-state index contributed by atoms with van der Waals surface area (Å²) in [5.41, 5.74) is 2.40. The molecule has 3 rings (SSSR count). The quantitative estimate of drug-likeness (QED) is 0.628. The highest BCUT2D eigenvalue weighted by Gasteiger charge is 2.38. The predicted octanol–water partition coefficient (Wildman–Crippen LogP) is 3.66. The van der Waals surface area contributed by atoms with E-state index in [-0.39, 0.29) is 17.0 Å². The van der Waals surface area contributed by atoms with E-state index in [0.29, 0.717) is 6.54 Å². The van der Waals surface area contributed by atoms with Gasteiger partial charge in [-0.25, -0.2) is 0 Å². The van der Waals surface area contributed by atoms with E-state index in [9.17, 15) is 14.9 Å². The molecule has 0 radical (unpaired) electrons. The van der Waals surface area contributed by atoms with E-state index in [1.807, 2.05) is 30.3 Å². The maximum Gasteiger partial charge on any atom is 0.269 e. The molecule has 1 aliphatic rings. The monoisotopic (exact) mass is 310 g/mol. The molecule has 118 valence electrons. The summed E-state index contributed by atoms with van der Waals surface area (Å²) in [5, 5.41) is 11.2. The van der Waals surface area contributed by atoms with Gasteiger partial charge in [0.2, 0.25) is 5.91 Å². The van der Waals surface area contributed by atoms with E-state index in [1.165, 1.54) is 13.0 Å². The SMILES string of the molecule is CC(=O)N1CCC(C)(c2ccccc2)c2cc([N+](=O)[O-])ccc21. The summed E-state index contributed by atoms with van der Waals surface area (Å²) in [6, 6.07) is 14.7. The third-order valence-corrected chi connectivity index (χ3v) is 4.70. The first-order chi connectivity index (χ1) is 10.9. The molecule has 2 aromatic carbocycles. The second-order valence-electron chi connectivity index (χ2n) is 6.08. The molecule has 5 nitrogen and oxygen atoms in total. The van der Waals surface area contributed by atoms with Gasteiger partial charge in [0, 0.05) is 36.7 Å². The summed E-state index contributed by atoms with van der Waals surface area (Å²) in [4.78, 5) is 24.4. The lowest BCUT2D eigenvalue weighted by atomic mass is 9.71. The normalized spacial score (nSPS) is 20.0. The number of nitro benzene ring substituents is 1. The van der Waals surface area contributed by atoms with Crippen LogP contribution >= 0.6 is 0 Å². The average Bonchev–Trinajstić information content (AvgIpc) is 2.55. The second-order valence-corrected chi connectivity index (χ2v) is 6.08. The summed E-state index contributed by atoms with van der Waals surface area (Å²) in [7, 11) is 0. The second kappa shape index (κ2) is 5.50. The number of anilines is 1. The molecule has 0 spiro atoms. The molecule has 2 aromatic rings. The van der Waals surface area contributed by atoms with Crippen molar-refractivity contribution in [3.05, 3.63) is 69.8 Å². The molecule has 0 fully saturated rings. The summed E-state index contributed by atoms with van der Waals surface area (Å²) < 4.78 is 0. The van der Waals surface area contributed by atoms with Gasteiger partial charge in [-0.05, 0) is 23.6 Å². The lowest BCUT2D eigenvalue weighted by Crippen LogP contribution is -2.41. The van der Waals surface area contributed by atoms with E-state index >= 15 is 0 Å². The highest BCUT2D eigenvalue weighted by Crippen LogP contribution is 2.45. The van der Waals surface area contributed by atoms with Crippen LogP contribution in [0.25, 0.3) is 0 Å². The van der Waals surface area contributed by atoms with Crippen molar-refractivity contribution in [2.75, 3.05) is 11.4 Å². The van der Waals surface area contributed by atoms with Gasteiger partial charge in [-0.3, -0.25) is 14.9 Å². The van der Waals surface area contributed by atoms with E-state index in [4.69, 9.17) is 0 Å². The number of hydrogen-bond acceptors (Lipinski definition) is 3. The summed E-state index contributed by atoms with van der Waals surface area (Å²) in [6.45, 7) is 4.21. The molecule has 5 heteroatoms. The van der Waals surface area contributed by atoms with Crippen LogP contribution in [0, 0.1) is 10.1 Å². The molecule has 23 heavy (non-hydrogen) atoms. The molecule has 1 heterocycles. The van der Waals surface area contributed by atoms with Gasteiger partial charge in [-0.2, -0.15) is 0 Å². The largest absolute Gasteiger partial charge is 0.312 e. The van der Waals surface area contributed by atoms with Gasteiger partial charge in [0.15, 0.2) is 0 Å². The van der Waals surface area contributed by atoms with Crippen LogP contribution in [0.15, 0.2) is 48.5 Å². The zero-order chi connectivity index (χ0) is 16.6. The highest BCUT2D eigenvalue weighted by atomic mass is 16.6. The number of carbonyl (C=O) groups excluding carboxylic acids is 1. The molecular weight excluding hydrogens is 292 g/mol. The molecule has 0 aromatic heterocycles. The van der Waals surface area contributed by atoms with Crippen molar-refractivity contribution >= 4 is 17.3 Å². The molecule has 0 N–H and O–H groups in total. The van der Waals surface area contributed by atoms with Crippen LogP contribution in [0.2, 0.25) is 0 Å². The van der Waals surface area contributed by atoms with Crippen LogP contribution in [0.5, 0.6) is 0 Å². The molecule has 1 atom stereocenters. The fraction of sp³-hybridized carbons (Fsp3) is 0.278. The standard InChI is InChI=1S/C18H18N2O3/c1-13(21)19-11-10-18(2,14-6-4-3-5-7-14)16-12-15(20(22)23)8-9-17(16)19/h3-9,12H,10-11H2,1-2H3. The number of nitrogens with zero attached hydrogens (tertiary/aromatic N) is 2. The van der Waals surface area contributed by atoms with Crippen molar-refractivity contribution in [3.63, 3.8) is 0 Å². The fourth-order valence-corrected chi connectivity index (χ4v) is 3.34. The lowest BCUT2D eigenvalue weighted by molar-refractivity contribution is -0.384. The summed E-state index contributed by atoms with van der Waals surface area (Å²) in [5.74, 6) is -0.0461. The Morgan fingerprint density at radius 2 is 1.91 bits per heavy atom. The Labute approximate surface area is 134 Å². The third kappa shape index (κ3) is 2.48. The molecular formula is C18H18N2O3. The minimum Gasteiger partial charge on any atom is -0.312 e. The number of rotatable bonds is 2. The Morgan fingerprint density at radius 1 is 1.22 bits per heavy atom.